The molecule has 0 spiro atoms. The van der Waals surface area contributed by atoms with Gasteiger partial charge in [-0.2, -0.15) is 0 Å². The number of carbonyl (C=O) groups excluding carboxylic acids is 2. The van der Waals surface area contributed by atoms with E-state index in [1.807, 2.05) is 0 Å². The summed E-state index contributed by atoms with van der Waals surface area (Å²) in [4.78, 5) is 27.1. The average molecular weight is 486 g/mol. The van der Waals surface area contributed by atoms with Gasteiger partial charge in [-0.1, -0.05) is 47.5 Å². The van der Waals surface area contributed by atoms with Gasteiger partial charge in [-0.15, -0.1) is 0 Å². The zero-order chi connectivity index (χ0) is 23.2. The summed E-state index contributed by atoms with van der Waals surface area (Å²) in [5.74, 6) is -0.898. The number of hydrogen-bond donors (Lipinski definition) is 1. The molecule has 2 amide bonds. The fourth-order valence-corrected chi connectivity index (χ4v) is 4.35. The lowest BCUT2D eigenvalue weighted by molar-refractivity contribution is -0.139. The molecule has 0 unspecified atom stereocenters. The number of nitrogens with zero attached hydrogens (tertiary/aromatic N) is 2. The Labute approximate surface area is 193 Å². The van der Waals surface area contributed by atoms with Crippen molar-refractivity contribution >= 4 is 50.7 Å². The molecule has 0 aliphatic carbocycles. The number of halogens is 2. The minimum Gasteiger partial charge on any atom is -0.355 e. The number of likely N-dealkylation sites (N-methyl/N-ethyl adjacent to an activating group) is 1. The Hall–Kier alpha value is -2.29. The van der Waals surface area contributed by atoms with E-state index >= 15 is 0 Å². The maximum Gasteiger partial charge on any atom is 0.244 e. The normalized spacial score (nSPS) is 12.2. The van der Waals surface area contributed by atoms with Crippen molar-refractivity contribution in [2.24, 2.45) is 0 Å². The van der Waals surface area contributed by atoms with Gasteiger partial charge in [0.05, 0.1) is 17.0 Å². The summed E-state index contributed by atoms with van der Waals surface area (Å²) in [5, 5.41) is 3.37. The molecule has 7 nitrogen and oxygen atoms in total. The van der Waals surface area contributed by atoms with Gasteiger partial charge in [0.15, 0.2) is 0 Å². The van der Waals surface area contributed by atoms with Gasteiger partial charge in [0, 0.05) is 18.1 Å². The van der Waals surface area contributed by atoms with E-state index in [2.05, 4.69) is 5.32 Å². The second-order valence-electron chi connectivity index (χ2n) is 6.94. The van der Waals surface area contributed by atoms with E-state index in [0.29, 0.717) is 17.1 Å². The number of nitrogens with one attached hydrogen (secondary N) is 1. The molecule has 0 fully saturated rings. The molecule has 0 aliphatic rings. The molecule has 2 rings (SSSR count). The molecule has 0 radical (unpaired) electrons. The molecule has 168 valence electrons. The van der Waals surface area contributed by atoms with Crippen molar-refractivity contribution in [3.05, 3.63) is 64.1 Å². The van der Waals surface area contributed by atoms with Crippen LogP contribution in [0.15, 0.2) is 48.5 Å². The zero-order valence-electron chi connectivity index (χ0n) is 17.5. The van der Waals surface area contributed by atoms with Gasteiger partial charge in [0.25, 0.3) is 0 Å². The molecule has 2 aromatic rings. The quantitative estimate of drug-likeness (QED) is 0.589. The predicted molar refractivity (Wildman–Crippen MR) is 124 cm³/mol. The summed E-state index contributed by atoms with van der Waals surface area (Å²) in [6.45, 7) is 3.34. The first-order chi connectivity index (χ1) is 14.5. The van der Waals surface area contributed by atoms with Crippen LogP contribution in [0.5, 0.6) is 0 Å². The van der Waals surface area contributed by atoms with Crippen molar-refractivity contribution < 1.29 is 18.0 Å². The lowest BCUT2D eigenvalue weighted by Crippen LogP contribution is -2.51. The van der Waals surface area contributed by atoms with E-state index in [1.54, 1.807) is 56.3 Å². The average Bonchev–Trinajstić information content (AvgIpc) is 2.69. The maximum absolute atomic E-state index is 13.3. The first kappa shape index (κ1) is 25.0. The highest BCUT2D eigenvalue weighted by molar-refractivity contribution is 7.92. The first-order valence-electron chi connectivity index (χ1n) is 9.58. The van der Waals surface area contributed by atoms with E-state index in [9.17, 15) is 18.0 Å². The van der Waals surface area contributed by atoms with Gasteiger partial charge < -0.3 is 10.2 Å². The molecule has 0 saturated heterocycles. The van der Waals surface area contributed by atoms with Crippen LogP contribution in [0, 0.1) is 0 Å². The number of rotatable bonds is 9. The molecule has 10 heteroatoms. The lowest BCUT2D eigenvalue weighted by atomic mass is 10.1. The lowest BCUT2D eigenvalue weighted by Gasteiger charge is -2.31. The Balaban J connectivity index is 2.40. The number of carbonyl (C=O) groups is 2. The topological polar surface area (TPSA) is 86.8 Å². The minimum absolute atomic E-state index is 0.0812. The third-order valence-corrected chi connectivity index (χ3v) is 6.24. The Morgan fingerprint density at radius 3 is 2.35 bits per heavy atom. The summed E-state index contributed by atoms with van der Waals surface area (Å²) in [7, 11) is -3.83. The molecule has 1 N–H and O–H groups in total. The first-order valence-corrected chi connectivity index (χ1v) is 12.2. The van der Waals surface area contributed by atoms with Gasteiger partial charge in [0.1, 0.15) is 12.6 Å². The Kier molecular flexibility index (Phi) is 8.73. The minimum atomic E-state index is -3.83. The summed E-state index contributed by atoms with van der Waals surface area (Å²) < 4.78 is 25.8. The van der Waals surface area contributed by atoms with Crippen LogP contribution < -0.4 is 9.62 Å². The van der Waals surface area contributed by atoms with Crippen LogP contribution in [0.4, 0.5) is 5.69 Å². The maximum atomic E-state index is 13.3. The number of anilines is 1. The van der Waals surface area contributed by atoms with Crippen molar-refractivity contribution in [1.29, 1.82) is 0 Å². The van der Waals surface area contributed by atoms with Gasteiger partial charge >= 0.3 is 0 Å². The third kappa shape index (κ3) is 6.85. The van der Waals surface area contributed by atoms with Crippen molar-refractivity contribution in [2.75, 3.05) is 23.7 Å². The number of para-hydroxylation sites is 1. The highest BCUT2D eigenvalue weighted by Gasteiger charge is 2.30. The largest absolute Gasteiger partial charge is 0.355 e. The Morgan fingerprint density at radius 2 is 1.77 bits per heavy atom. The molecule has 2 aromatic carbocycles. The molecule has 0 saturated carbocycles. The van der Waals surface area contributed by atoms with E-state index in [4.69, 9.17) is 23.2 Å². The standard InChI is InChI=1S/C21H25Cl2N3O4S/c1-4-24-21(28)15(2)25(13-16-8-7-9-17(22)12-16)20(27)14-26(31(3,29)30)19-11-6-5-10-18(19)23/h5-12,15H,4,13-14H2,1-3H3,(H,24,28)/t15-/m0/s1. The molecular weight excluding hydrogens is 461 g/mol. The Bertz CT molecular complexity index is 1050. The van der Waals surface area contributed by atoms with Crippen LogP contribution >= 0.6 is 23.2 Å². The fraction of sp³-hybridized carbons (Fsp3) is 0.333. The van der Waals surface area contributed by atoms with E-state index < -0.39 is 28.5 Å². The second-order valence-corrected chi connectivity index (χ2v) is 9.69. The van der Waals surface area contributed by atoms with Crippen molar-refractivity contribution in [1.82, 2.24) is 10.2 Å². The smallest absolute Gasteiger partial charge is 0.244 e. The molecule has 0 aromatic heterocycles. The molecule has 0 bridgehead atoms. The highest BCUT2D eigenvalue weighted by atomic mass is 35.5. The SMILES string of the molecule is CCNC(=O)[C@H](C)N(Cc1cccc(Cl)c1)C(=O)CN(c1ccccc1Cl)S(C)(=O)=O. The van der Waals surface area contributed by atoms with Crippen LogP contribution in [0.3, 0.4) is 0 Å². The van der Waals surface area contributed by atoms with Crippen LogP contribution in [0.2, 0.25) is 10.0 Å². The summed E-state index contributed by atoms with van der Waals surface area (Å²) in [6, 6.07) is 12.4. The second kappa shape index (κ2) is 10.8. The zero-order valence-corrected chi connectivity index (χ0v) is 19.8. The van der Waals surface area contributed by atoms with Crippen molar-refractivity contribution in [3.8, 4) is 0 Å². The molecule has 31 heavy (non-hydrogen) atoms. The third-order valence-electron chi connectivity index (χ3n) is 4.56. The van der Waals surface area contributed by atoms with Crippen LogP contribution in [0.25, 0.3) is 0 Å². The molecular formula is C21H25Cl2N3O4S. The van der Waals surface area contributed by atoms with Gasteiger partial charge in [0.2, 0.25) is 21.8 Å². The number of amides is 2. The summed E-state index contributed by atoms with van der Waals surface area (Å²) >= 11 is 12.2. The highest BCUT2D eigenvalue weighted by Crippen LogP contribution is 2.27. The Morgan fingerprint density at radius 1 is 1.10 bits per heavy atom. The van der Waals surface area contributed by atoms with Crippen molar-refractivity contribution in [2.45, 2.75) is 26.4 Å². The van der Waals surface area contributed by atoms with Crippen molar-refractivity contribution in [3.63, 3.8) is 0 Å². The summed E-state index contributed by atoms with van der Waals surface area (Å²) in [5.41, 5.74) is 0.897. The van der Waals surface area contributed by atoms with E-state index in [1.165, 1.54) is 11.0 Å². The summed E-state index contributed by atoms with van der Waals surface area (Å²) in [6.07, 6.45) is 0.998. The molecule has 0 aliphatic heterocycles. The number of benzene rings is 2. The molecule has 1 atom stereocenters. The van der Waals surface area contributed by atoms with Gasteiger partial charge in [-0.3, -0.25) is 13.9 Å². The van der Waals surface area contributed by atoms with Crippen LogP contribution in [0.1, 0.15) is 19.4 Å². The van der Waals surface area contributed by atoms with E-state index in [0.717, 1.165) is 10.6 Å². The fourth-order valence-electron chi connectivity index (χ4n) is 2.99. The van der Waals surface area contributed by atoms with Gasteiger partial charge in [-0.25, -0.2) is 8.42 Å². The predicted octanol–water partition coefficient (Wildman–Crippen LogP) is 3.31. The van der Waals surface area contributed by atoms with Gasteiger partial charge in [-0.05, 0) is 43.7 Å². The molecule has 0 heterocycles. The van der Waals surface area contributed by atoms with Crippen LogP contribution in [-0.2, 0) is 26.2 Å². The monoisotopic (exact) mass is 485 g/mol. The van der Waals surface area contributed by atoms with E-state index in [-0.39, 0.29) is 23.2 Å². The number of hydrogen-bond acceptors (Lipinski definition) is 4. The number of sulfonamides is 1. The van der Waals surface area contributed by atoms with Crippen LogP contribution in [-0.4, -0.2) is 50.5 Å².